The first-order valence-electron chi connectivity index (χ1n) is 11.6. The van der Waals surface area contributed by atoms with Crippen molar-refractivity contribution in [2.45, 2.75) is 37.6 Å². The van der Waals surface area contributed by atoms with E-state index in [2.05, 4.69) is 43.1 Å². The molecule has 0 aliphatic heterocycles. The summed E-state index contributed by atoms with van der Waals surface area (Å²) in [6.45, 7) is 1.95. The minimum atomic E-state index is -4.55. The van der Waals surface area contributed by atoms with Gasteiger partial charge in [0.2, 0.25) is 10.0 Å². The summed E-state index contributed by atoms with van der Waals surface area (Å²) in [5, 5.41) is 2.69. The molecule has 1 aromatic heterocycles. The average molecular weight is 642 g/mol. The van der Waals surface area contributed by atoms with Gasteiger partial charge in [0.05, 0.1) is 17.9 Å². The second-order valence-corrected chi connectivity index (χ2v) is 11.5. The first-order valence-corrected chi connectivity index (χ1v) is 14.1. The topological polar surface area (TPSA) is 109 Å². The third-order valence-corrected chi connectivity index (χ3v) is 7.89. The zero-order chi connectivity index (χ0) is 26.6. The molecule has 37 heavy (non-hydrogen) atoms. The van der Waals surface area contributed by atoms with E-state index >= 15 is 8.78 Å². The van der Waals surface area contributed by atoms with Gasteiger partial charge in [0, 0.05) is 27.7 Å². The van der Waals surface area contributed by atoms with Crippen molar-refractivity contribution < 1.29 is 26.8 Å². The number of rotatable bonds is 11. The highest BCUT2D eigenvalue weighted by molar-refractivity contribution is 14.1. The van der Waals surface area contributed by atoms with Crippen LogP contribution in [0.2, 0.25) is 0 Å². The Morgan fingerprint density at radius 3 is 2.57 bits per heavy atom. The molecule has 0 atom stereocenters. The molecule has 196 valence electrons. The van der Waals surface area contributed by atoms with E-state index in [1.807, 2.05) is 6.92 Å². The van der Waals surface area contributed by atoms with Gasteiger partial charge in [0.1, 0.15) is 4.90 Å². The molecular formula is C25H25F2IN4O4S. The predicted octanol–water partition coefficient (Wildman–Crippen LogP) is 4.82. The van der Waals surface area contributed by atoms with Crippen molar-refractivity contribution in [3.05, 3.63) is 80.7 Å². The van der Waals surface area contributed by atoms with Gasteiger partial charge in [0.15, 0.2) is 11.6 Å². The van der Waals surface area contributed by atoms with E-state index in [9.17, 15) is 13.2 Å². The number of amides is 1. The summed E-state index contributed by atoms with van der Waals surface area (Å²) in [5.74, 6) is -3.71. The van der Waals surface area contributed by atoms with Gasteiger partial charge in [-0.25, -0.2) is 27.4 Å². The molecule has 1 aliphatic rings. The second-order valence-electron chi connectivity index (χ2n) is 8.53. The number of hydrogen-bond acceptors (Lipinski definition) is 6. The van der Waals surface area contributed by atoms with Crippen LogP contribution in [0.25, 0.3) is 0 Å². The Kier molecular flexibility index (Phi) is 8.72. The van der Waals surface area contributed by atoms with Crippen molar-refractivity contribution in [3.8, 4) is 0 Å². The quantitative estimate of drug-likeness (QED) is 0.205. The number of carbonyl (C=O) groups excluding carboxylic acids is 1. The van der Waals surface area contributed by atoms with Gasteiger partial charge in [-0.05, 0) is 89.7 Å². The standard InChI is InChI=1S/C25H25F2IN4O4S/c1-2-20-16(4-3-11-29-20)13-30-37(34,35)21-12-19(25(33)32-36-14-15-5-6-15)24(23(27)22(21)26)31-18-9-7-17(28)8-10-18/h3-4,7-12,15,30-31H,2,5-6,13-14H2,1H3,(H,32,33). The van der Waals surface area contributed by atoms with Crippen LogP contribution in [0.1, 0.15) is 41.4 Å². The first kappa shape index (κ1) is 27.4. The number of nitrogens with one attached hydrogen (secondary N) is 3. The lowest BCUT2D eigenvalue weighted by Crippen LogP contribution is -2.29. The molecule has 3 aromatic rings. The molecule has 0 radical (unpaired) electrons. The zero-order valence-electron chi connectivity index (χ0n) is 19.9. The number of carbonyl (C=O) groups is 1. The fraction of sp³-hybridized carbons (Fsp3) is 0.280. The van der Waals surface area contributed by atoms with E-state index in [-0.39, 0.29) is 13.2 Å². The molecule has 0 bridgehead atoms. The summed E-state index contributed by atoms with van der Waals surface area (Å²) in [7, 11) is -4.55. The molecule has 2 aromatic carbocycles. The SMILES string of the molecule is CCc1ncccc1CNS(=O)(=O)c1cc(C(=O)NOCC2CC2)c(Nc2ccc(I)cc2)c(F)c1F. The molecule has 1 heterocycles. The van der Waals surface area contributed by atoms with Gasteiger partial charge in [-0.1, -0.05) is 13.0 Å². The molecule has 0 saturated heterocycles. The van der Waals surface area contributed by atoms with Crippen molar-refractivity contribution in [1.29, 1.82) is 0 Å². The minimum absolute atomic E-state index is 0.185. The second kappa shape index (κ2) is 11.8. The molecule has 4 rings (SSSR count). The van der Waals surface area contributed by atoms with Gasteiger partial charge in [-0.15, -0.1) is 0 Å². The normalized spacial score (nSPS) is 13.4. The van der Waals surface area contributed by atoms with Crippen LogP contribution >= 0.6 is 22.6 Å². The Labute approximate surface area is 227 Å². The maximum absolute atomic E-state index is 15.4. The van der Waals surface area contributed by atoms with Gasteiger partial charge in [0.25, 0.3) is 5.91 Å². The number of aryl methyl sites for hydroxylation is 1. The lowest BCUT2D eigenvalue weighted by atomic mass is 10.1. The Hall–Kier alpha value is -2.68. The smallest absolute Gasteiger partial charge is 0.277 e. The molecule has 12 heteroatoms. The molecule has 3 N–H and O–H groups in total. The fourth-order valence-electron chi connectivity index (χ4n) is 3.54. The Morgan fingerprint density at radius 1 is 1.16 bits per heavy atom. The lowest BCUT2D eigenvalue weighted by molar-refractivity contribution is 0.0270. The predicted molar refractivity (Wildman–Crippen MR) is 143 cm³/mol. The molecule has 8 nitrogen and oxygen atoms in total. The maximum atomic E-state index is 15.4. The molecule has 1 fully saturated rings. The van der Waals surface area contributed by atoms with Crippen LogP contribution in [0.3, 0.4) is 0 Å². The molecule has 0 spiro atoms. The van der Waals surface area contributed by atoms with E-state index in [0.717, 1.165) is 22.5 Å². The monoisotopic (exact) mass is 642 g/mol. The average Bonchev–Trinajstić information content (AvgIpc) is 3.71. The van der Waals surface area contributed by atoms with Gasteiger partial charge in [-0.2, -0.15) is 0 Å². The molecule has 1 aliphatic carbocycles. The Balaban J connectivity index is 1.68. The van der Waals surface area contributed by atoms with Crippen LogP contribution in [0, 0.1) is 21.1 Å². The number of anilines is 2. The zero-order valence-corrected chi connectivity index (χ0v) is 22.8. The van der Waals surface area contributed by atoms with E-state index in [0.29, 0.717) is 29.3 Å². The summed E-state index contributed by atoms with van der Waals surface area (Å²) < 4.78 is 59.8. The van der Waals surface area contributed by atoms with E-state index in [4.69, 9.17) is 4.84 Å². The van der Waals surface area contributed by atoms with E-state index < -0.39 is 43.7 Å². The van der Waals surface area contributed by atoms with Crippen molar-refractivity contribution in [2.24, 2.45) is 5.92 Å². The van der Waals surface area contributed by atoms with Crippen molar-refractivity contribution in [3.63, 3.8) is 0 Å². The highest BCUT2D eigenvalue weighted by atomic mass is 127. The molecule has 0 unspecified atom stereocenters. The summed E-state index contributed by atoms with van der Waals surface area (Å²) in [6, 6.07) is 10.9. The van der Waals surface area contributed by atoms with Crippen molar-refractivity contribution in [2.75, 3.05) is 11.9 Å². The number of nitrogens with zero attached hydrogens (tertiary/aromatic N) is 1. The van der Waals surface area contributed by atoms with Crippen LogP contribution in [-0.4, -0.2) is 25.9 Å². The largest absolute Gasteiger partial charge is 0.352 e. The lowest BCUT2D eigenvalue weighted by Gasteiger charge is -2.17. The van der Waals surface area contributed by atoms with Crippen LogP contribution in [0.5, 0.6) is 0 Å². The maximum Gasteiger partial charge on any atom is 0.277 e. The fourth-order valence-corrected chi connectivity index (χ4v) is 5.00. The summed E-state index contributed by atoms with van der Waals surface area (Å²) >= 11 is 2.09. The number of benzene rings is 2. The summed E-state index contributed by atoms with van der Waals surface area (Å²) in [4.78, 5) is 21.3. The van der Waals surface area contributed by atoms with E-state index in [1.54, 1.807) is 42.6 Å². The number of sulfonamides is 1. The number of pyridine rings is 1. The van der Waals surface area contributed by atoms with Gasteiger partial charge < -0.3 is 5.32 Å². The molecule has 1 saturated carbocycles. The molecule has 1 amide bonds. The third-order valence-electron chi connectivity index (χ3n) is 5.77. The minimum Gasteiger partial charge on any atom is -0.352 e. The van der Waals surface area contributed by atoms with E-state index in [1.165, 1.54) is 0 Å². The highest BCUT2D eigenvalue weighted by Gasteiger charge is 2.30. The van der Waals surface area contributed by atoms with Crippen LogP contribution in [-0.2, 0) is 27.8 Å². The van der Waals surface area contributed by atoms with Gasteiger partial charge in [-0.3, -0.25) is 14.6 Å². The first-order chi connectivity index (χ1) is 17.7. The van der Waals surface area contributed by atoms with Gasteiger partial charge >= 0.3 is 0 Å². The highest BCUT2D eigenvalue weighted by Crippen LogP contribution is 2.32. The van der Waals surface area contributed by atoms with Crippen molar-refractivity contribution >= 4 is 49.9 Å². The van der Waals surface area contributed by atoms with Crippen LogP contribution < -0.4 is 15.5 Å². The summed E-state index contributed by atoms with van der Waals surface area (Å²) in [6.07, 6.45) is 4.10. The number of halogens is 3. The summed E-state index contributed by atoms with van der Waals surface area (Å²) in [5.41, 5.74) is 2.92. The number of aromatic nitrogens is 1. The number of hydrogen-bond donors (Lipinski definition) is 3. The van der Waals surface area contributed by atoms with Crippen molar-refractivity contribution in [1.82, 2.24) is 15.2 Å². The Morgan fingerprint density at radius 2 is 1.89 bits per heavy atom. The van der Waals surface area contributed by atoms with Crippen LogP contribution in [0.15, 0.2) is 53.6 Å². The number of hydroxylamine groups is 1. The third kappa shape index (κ3) is 6.80. The van der Waals surface area contributed by atoms with Crippen LogP contribution in [0.4, 0.5) is 20.2 Å². The Bertz CT molecular complexity index is 1400. The molecular weight excluding hydrogens is 617 g/mol.